The zero-order valence-corrected chi connectivity index (χ0v) is 11.4. The molecule has 1 aliphatic heterocycles. The van der Waals surface area contributed by atoms with Gasteiger partial charge in [0.05, 0.1) is 0 Å². The van der Waals surface area contributed by atoms with Gasteiger partial charge in [0.2, 0.25) is 0 Å². The van der Waals surface area contributed by atoms with Crippen molar-refractivity contribution in [2.75, 3.05) is 18.0 Å². The van der Waals surface area contributed by atoms with Gasteiger partial charge in [0.25, 0.3) is 0 Å². The second-order valence-electron chi connectivity index (χ2n) is 5.20. The zero-order valence-electron chi connectivity index (χ0n) is 11.4. The number of nitrogens with zero attached hydrogens (tertiary/aromatic N) is 1. The second kappa shape index (κ2) is 5.53. The van der Waals surface area contributed by atoms with Crippen LogP contribution in [0.5, 0.6) is 0 Å². The molecule has 18 heavy (non-hydrogen) atoms. The lowest BCUT2D eigenvalue weighted by Gasteiger charge is -2.34. The summed E-state index contributed by atoms with van der Waals surface area (Å²) < 4.78 is 0. The van der Waals surface area contributed by atoms with Crippen LogP contribution in [0, 0.1) is 0 Å². The standard InChI is InChI=1S/C15H22N2O/c1-11-8-9-16-10-12(2)17(11)15-6-4-14(5-7-15)13(3)18/h4-7,11-12,16H,8-10H2,1-3H3. The Morgan fingerprint density at radius 3 is 2.50 bits per heavy atom. The normalized spacial score (nSPS) is 24.7. The lowest BCUT2D eigenvalue weighted by molar-refractivity contribution is 0.101. The number of rotatable bonds is 2. The topological polar surface area (TPSA) is 32.3 Å². The van der Waals surface area contributed by atoms with Gasteiger partial charge in [-0.05, 0) is 58.0 Å². The van der Waals surface area contributed by atoms with Crippen LogP contribution in [0.1, 0.15) is 37.6 Å². The van der Waals surface area contributed by atoms with Crippen molar-refractivity contribution in [3.05, 3.63) is 29.8 Å². The lowest BCUT2D eigenvalue weighted by Crippen LogP contribution is -2.41. The number of carbonyl (C=O) groups is 1. The molecule has 0 amide bonds. The van der Waals surface area contributed by atoms with Crippen LogP contribution in [0.15, 0.2) is 24.3 Å². The Labute approximate surface area is 109 Å². The molecule has 0 bridgehead atoms. The highest BCUT2D eigenvalue weighted by atomic mass is 16.1. The lowest BCUT2D eigenvalue weighted by atomic mass is 10.1. The smallest absolute Gasteiger partial charge is 0.159 e. The predicted molar refractivity (Wildman–Crippen MR) is 75.3 cm³/mol. The number of ketones is 1. The van der Waals surface area contributed by atoms with Crippen molar-refractivity contribution in [1.82, 2.24) is 5.32 Å². The maximum atomic E-state index is 11.3. The molecule has 1 N–H and O–H groups in total. The van der Waals surface area contributed by atoms with E-state index in [0.717, 1.165) is 25.1 Å². The number of benzene rings is 1. The van der Waals surface area contributed by atoms with E-state index in [0.29, 0.717) is 12.1 Å². The fraction of sp³-hybridized carbons (Fsp3) is 0.533. The Kier molecular flexibility index (Phi) is 4.02. The van der Waals surface area contributed by atoms with Crippen molar-refractivity contribution in [2.24, 2.45) is 0 Å². The maximum absolute atomic E-state index is 11.3. The molecule has 0 aromatic heterocycles. The minimum absolute atomic E-state index is 0.125. The zero-order chi connectivity index (χ0) is 13.1. The molecule has 1 saturated heterocycles. The third-order valence-electron chi connectivity index (χ3n) is 3.70. The molecule has 0 saturated carbocycles. The van der Waals surface area contributed by atoms with Crippen LogP contribution in [0.25, 0.3) is 0 Å². The number of nitrogens with one attached hydrogen (secondary N) is 1. The highest BCUT2D eigenvalue weighted by molar-refractivity contribution is 5.94. The van der Waals surface area contributed by atoms with Crippen LogP contribution in [0.4, 0.5) is 5.69 Å². The van der Waals surface area contributed by atoms with Crippen molar-refractivity contribution >= 4 is 11.5 Å². The van der Waals surface area contributed by atoms with Gasteiger partial charge in [-0.2, -0.15) is 0 Å². The Hall–Kier alpha value is -1.35. The third-order valence-corrected chi connectivity index (χ3v) is 3.70. The second-order valence-corrected chi connectivity index (χ2v) is 5.20. The summed E-state index contributed by atoms with van der Waals surface area (Å²) in [6.07, 6.45) is 1.15. The van der Waals surface area contributed by atoms with E-state index in [1.807, 2.05) is 12.1 Å². The fourth-order valence-corrected chi connectivity index (χ4v) is 2.67. The minimum atomic E-state index is 0.125. The monoisotopic (exact) mass is 246 g/mol. The van der Waals surface area contributed by atoms with E-state index in [4.69, 9.17) is 0 Å². The van der Waals surface area contributed by atoms with E-state index < -0.39 is 0 Å². The first kappa shape index (κ1) is 13.1. The predicted octanol–water partition coefficient (Wildman–Crippen LogP) is 2.47. The average molecular weight is 246 g/mol. The van der Waals surface area contributed by atoms with E-state index in [1.54, 1.807) is 6.92 Å². The number of carbonyl (C=O) groups excluding carboxylic acids is 1. The molecule has 1 aromatic rings. The average Bonchev–Trinajstić information content (AvgIpc) is 2.51. The summed E-state index contributed by atoms with van der Waals surface area (Å²) in [7, 11) is 0. The summed E-state index contributed by atoms with van der Waals surface area (Å²) in [5, 5.41) is 3.46. The molecule has 1 heterocycles. The Morgan fingerprint density at radius 1 is 1.22 bits per heavy atom. The first-order chi connectivity index (χ1) is 8.59. The summed E-state index contributed by atoms with van der Waals surface area (Å²) in [4.78, 5) is 13.7. The van der Waals surface area contributed by atoms with Crippen molar-refractivity contribution in [2.45, 2.75) is 39.3 Å². The number of anilines is 1. The van der Waals surface area contributed by atoms with Crippen LogP contribution in [-0.2, 0) is 0 Å². The summed E-state index contributed by atoms with van der Waals surface area (Å²) in [5.74, 6) is 0.125. The molecule has 0 aliphatic carbocycles. The fourth-order valence-electron chi connectivity index (χ4n) is 2.67. The van der Waals surface area contributed by atoms with Gasteiger partial charge in [0.1, 0.15) is 0 Å². The van der Waals surface area contributed by atoms with Gasteiger partial charge in [-0.15, -0.1) is 0 Å². The first-order valence-electron chi connectivity index (χ1n) is 6.69. The molecular formula is C15H22N2O. The van der Waals surface area contributed by atoms with Crippen LogP contribution in [0.3, 0.4) is 0 Å². The molecule has 2 unspecified atom stereocenters. The summed E-state index contributed by atoms with van der Waals surface area (Å²) in [6, 6.07) is 8.98. The minimum Gasteiger partial charge on any atom is -0.365 e. The van der Waals surface area contributed by atoms with Crippen LogP contribution < -0.4 is 10.2 Å². The van der Waals surface area contributed by atoms with E-state index in [-0.39, 0.29) is 5.78 Å². The summed E-state index contributed by atoms with van der Waals surface area (Å²) in [5.41, 5.74) is 2.00. The van der Waals surface area contributed by atoms with Gasteiger partial charge in [0.15, 0.2) is 5.78 Å². The first-order valence-corrected chi connectivity index (χ1v) is 6.69. The third kappa shape index (κ3) is 2.72. The molecule has 1 aliphatic rings. The molecule has 0 radical (unpaired) electrons. The molecule has 3 nitrogen and oxygen atoms in total. The van der Waals surface area contributed by atoms with E-state index in [2.05, 4.69) is 36.2 Å². The van der Waals surface area contributed by atoms with Crippen molar-refractivity contribution < 1.29 is 4.79 Å². The highest BCUT2D eigenvalue weighted by Crippen LogP contribution is 2.23. The highest BCUT2D eigenvalue weighted by Gasteiger charge is 2.22. The Bertz CT molecular complexity index is 401. The number of hydrogen-bond donors (Lipinski definition) is 1. The maximum Gasteiger partial charge on any atom is 0.159 e. The summed E-state index contributed by atoms with van der Waals surface area (Å²) in [6.45, 7) is 8.21. The quantitative estimate of drug-likeness (QED) is 0.814. The van der Waals surface area contributed by atoms with E-state index >= 15 is 0 Å². The van der Waals surface area contributed by atoms with Gasteiger partial charge < -0.3 is 10.2 Å². The SMILES string of the molecule is CC(=O)c1ccc(N2C(C)CCNCC2C)cc1. The van der Waals surface area contributed by atoms with Crippen molar-refractivity contribution in [3.63, 3.8) is 0 Å². The molecule has 1 fully saturated rings. The summed E-state index contributed by atoms with van der Waals surface area (Å²) >= 11 is 0. The molecule has 98 valence electrons. The molecule has 2 rings (SSSR count). The van der Waals surface area contributed by atoms with Gasteiger partial charge in [-0.1, -0.05) is 0 Å². The van der Waals surface area contributed by atoms with Gasteiger partial charge in [-0.25, -0.2) is 0 Å². The van der Waals surface area contributed by atoms with Gasteiger partial charge in [-0.3, -0.25) is 4.79 Å². The van der Waals surface area contributed by atoms with Gasteiger partial charge >= 0.3 is 0 Å². The molecule has 1 aromatic carbocycles. The van der Waals surface area contributed by atoms with Crippen molar-refractivity contribution in [1.29, 1.82) is 0 Å². The number of hydrogen-bond acceptors (Lipinski definition) is 3. The molecule has 3 heteroatoms. The molecule has 2 atom stereocenters. The molecule has 0 spiro atoms. The van der Waals surface area contributed by atoms with Crippen LogP contribution >= 0.6 is 0 Å². The Morgan fingerprint density at radius 2 is 1.89 bits per heavy atom. The van der Waals surface area contributed by atoms with Crippen molar-refractivity contribution in [3.8, 4) is 0 Å². The van der Waals surface area contributed by atoms with E-state index in [9.17, 15) is 4.79 Å². The van der Waals surface area contributed by atoms with Crippen LogP contribution in [-0.4, -0.2) is 31.0 Å². The number of Topliss-reactive ketones (excluding diaryl/α,β-unsaturated/α-hetero) is 1. The van der Waals surface area contributed by atoms with Crippen LogP contribution in [0.2, 0.25) is 0 Å². The largest absolute Gasteiger partial charge is 0.365 e. The Balaban J connectivity index is 2.24. The molecular weight excluding hydrogens is 224 g/mol. The van der Waals surface area contributed by atoms with E-state index in [1.165, 1.54) is 5.69 Å². The van der Waals surface area contributed by atoms with Gasteiger partial charge in [0, 0.05) is 29.9 Å².